The molecule has 2 rings (SSSR count). The molecule has 0 aliphatic carbocycles. The summed E-state index contributed by atoms with van der Waals surface area (Å²) in [5, 5.41) is 12.8. The van der Waals surface area contributed by atoms with Crippen molar-refractivity contribution in [3.63, 3.8) is 0 Å². The van der Waals surface area contributed by atoms with Gasteiger partial charge < -0.3 is 0 Å². The van der Waals surface area contributed by atoms with Crippen LogP contribution in [0.2, 0.25) is 0 Å². The molecule has 0 N–H and O–H groups in total. The fourth-order valence-electron chi connectivity index (χ4n) is 1.68. The summed E-state index contributed by atoms with van der Waals surface area (Å²) in [5.74, 6) is -0.0387. The lowest BCUT2D eigenvalue weighted by molar-refractivity contribution is 0.580. The average Bonchev–Trinajstić information content (AvgIpc) is 2.82. The summed E-state index contributed by atoms with van der Waals surface area (Å²) in [7, 11) is -3.39. The Morgan fingerprint density at radius 2 is 2.21 bits per heavy atom. The van der Waals surface area contributed by atoms with Crippen LogP contribution in [0, 0.1) is 18.3 Å². The molecule has 1 aromatic carbocycles. The molecule has 1 aromatic heterocycles. The Labute approximate surface area is 112 Å². The van der Waals surface area contributed by atoms with Gasteiger partial charge in [0, 0.05) is 6.20 Å². The van der Waals surface area contributed by atoms with Crippen molar-refractivity contribution in [3.8, 4) is 6.07 Å². The number of sulfone groups is 1. The Bertz CT molecular complexity index is 726. The van der Waals surface area contributed by atoms with Gasteiger partial charge in [-0.2, -0.15) is 10.4 Å². The van der Waals surface area contributed by atoms with Crippen molar-refractivity contribution in [3.05, 3.63) is 47.8 Å². The summed E-state index contributed by atoms with van der Waals surface area (Å²) < 4.78 is 25.9. The summed E-state index contributed by atoms with van der Waals surface area (Å²) >= 11 is 0. The van der Waals surface area contributed by atoms with E-state index in [1.165, 1.54) is 12.1 Å². The van der Waals surface area contributed by atoms with Crippen LogP contribution in [-0.2, 0) is 16.4 Å². The summed E-state index contributed by atoms with van der Waals surface area (Å²) in [6.07, 6.45) is 3.48. The zero-order valence-corrected chi connectivity index (χ0v) is 11.3. The lowest BCUT2D eigenvalue weighted by atomic mass is 10.2. The highest BCUT2D eigenvalue weighted by molar-refractivity contribution is 7.91. The molecule has 0 aliphatic heterocycles. The third-order valence-electron chi connectivity index (χ3n) is 2.67. The maximum absolute atomic E-state index is 12.1. The number of nitrogens with zero attached hydrogens (tertiary/aromatic N) is 3. The molecule has 0 atom stereocenters. The monoisotopic (exact) mass is 275 g/mol. The second-order valence-electron chi connectivity index (χ2n) is 4.24. The van der Waals surface area contributed by atoms with E-state index in [2.05, 4.69) is 5.10 Å². The molecule has 0 unspecified atom stereocenters. The molecule has 0 amide bonds. The van der Waals surface area contributed by atoms with Crippen molar-refractivity contribution in [2.45, 2.75) is 18.4 Å². The van der Waals surface area contributed by atoms with Crippen molar-refractivity contribution in [2.24, 2.45) is 0 Å². The van der Waals surface area contributed by atoms with Gasteiger partial charge in [-0.25, -0.2) is 8.42 Å². The first-order chi connectivity index (χ1) is 9.01. The first-order valence-corrected chi connectivity index (χ1v) is 7.38. The van der Waals surface area contributed by atoms with E-state index in [0.717, 1.165) is 5.56 Å². The summed E-state index contributed by atoms with van der Waals surface area (Å²) in [6.45, 7) is 2.20. The largest absolute Gasteiger partial charge is 0.271 e. The molecule has 0 fully saturated rings. The van der Waals surface area contributed by atoms with Gasteiger partial charge in [0.1, 0.15) is 0 Å². The summed E-state index contributed by atoms with van der Waals surface area (Å²) in [4.78, 5) is 0.176. The van der Waals surface area contributed by atoms with Gasteiger partial charge in [-0.1, -0.05) is 6.07 Å². The number of nitriles is 1. The maximum atomic E-state index is 12.1. The summed E-state index contributed by atoms with van der Waals surface area (Å²) in [6, 6.07) is 7.98. The lowest BCUT2D eigenvalue weighted by Gasteiger charge is -2.05. The molecule has 0 bridgehead atoms. The molecule has 0 saturated heterocycles. The van der Waals surface area contributed by atoms with Gasteiger partial charge in [-0.15, -0.1) is 0 Å². The van der Waals surface area contributed by atoms with E-state index in [1.54, 1.807) is 29.2 Å². The van der Waals surface area contributed by atoms with Gasteiger partial charge in [-0.05, 0) is 30.7 Å². The molecule has 0 spiro atoms. The highest BCUT2D eigenvalue weighted by Gasteiger charge is 2.15. The lowest BCUT2D eigenvalue weighted by Crippen LogP contribution is -2.13. The van der Waals surface area contributed by atoms with E-state index in [9.17, 15) is 8.42 Å². The minimum Gasteiger partial charge on any atom is -0.271 e. The van der Waals surface area contributed by atoms with E-state index in [-0.39, 0.29) is 10.6 Å². The molecule has 6 heteroatoms. The predicted molar refractivity (Wildman–Crippen MR) is 70.2 cm³/mol. The molecule has 0 radical (unpaired) electrons. The van der Waals surface area contributed by atoms with E-state index < -0.39 is 9.84 Å². The van der Waals surface area contributed by atoms with Gasteiger partial charge in [0.05, 0.1) is 35.0 Å². The van der Waals surface area contributed by atoms with Crippen LogP contribution in [0.3, 0.4) is 0 Å². The normalized spacial score (nSPS) is 11.2. The Kier molecular flexibility index (Phi) is 3.67. The Hall–Kier alpha value is -2.13. The van der Waals surface area contributed by atoms with E-state index in [4.69, 9.17) is 5.26 Å². The van der Waals surface area contributed by atoms with Crippen LogP contribution in [0.25, 0.3) is 0 Å². The van der Waals surface area contributed by atoms with Crippen molar-refractivity contribution in [1.29, 1.82) is 5.26 Å². The average molecular weight is 275 g/mol. The smallest absolute Gasteiger partial charge is 0.180 e. The minimum atomic E-state index is -3.39. The molecular weight excluding hydrogens is 262 g/mol. The number of benzene rings is 1. The van der Waals surface area contributed by atoms with Crippen LogP contribution in [-0.4, -0.2) is 24.0 Å². The molecule has 19 heavy (non-hydrogen) atoms. The van der Waals surface area contributed by atoms with Crippen LogP contribution in [0.1, 0.15) is 11.1 Å². The zero-order chi connectivity index (χ0) is 13.9. The van der Waals surface area contributed by atoms with Gasteiger partial charge in [-0.3, -0.25) is 4.68 Å². The highest BCUT2D eigenvalue weighted by Crippen LogP contribution is 2.13. The van der Waals surface area contributed by atoms with Gasteiger partial charge in [0.25, 0.3) is 0 Å². The first-order valence-electron chi connectivity index (χ1n) is 5.73. The van der Waals surface area contributed by atoms with Crippen LogP contribution in [0.15, 0.2) is 41.6 Å². The maximum Gasteiger partial charge on any atom is 0.180 e. The molecule has 2 aromatic rings. The zero-order valence-electron chi connectivity index (χ0n) is 10.4. The second-order valence-corrected chi connectivity index (χ2v) is 6.35. The predicted octanol–water partition coefficient (Wildman–Crippen LogP) is 1.54. The van der Waals surface area contributed by atoms with Gasteiger partial charge in [0.15, 0.2) is 9.84 Å². The van der Waals surface area contributed by atoms with Crippen LogP contribution in [0.5, 0.6) is 0 Å². The molecular formula is C13H13N3O2S. The molecule has 98 valence electrons. The van der Waals surface area contributed by atoms with E-state index in [0.29, 0.717) is 12.1 Å². The van der Waals surface area contributed by atoms with Gasteiger partial charge >= 0.3 is 0 Å². The number of hydrogen-bond donors (Lipinski definition) is 0. The van der Waals surface area contributed by atoms with Crippen LogP contribution >= 0.6 is 0 Å². The Morgan fingerprint density at radius 1 is 1.42 bits per heavy atom. The Balaban J connectivity index is 2.16. The van der Waals surface area contributed by atoms with Crippen LogP contribution in [0.4, 0.5) is 0 Å². The summed E-state index contributed by atoms with van der Waals surface area (Å²) in [5.41, 5.74) is 1.33. The second kappa shape index (κ2) is 5.24. The highest BCUT2D eigenvalue weighted by atomic mass is 32.2. The topological polar surface area (TPSA) is 75.8 Å². The minimum absolute atomic E-state index is 0.0387. The standard InChI is InChI=1S/C13H13N3O2S/c1-11-9-15-16(10-11)5-6-19(17,18)13-4-2-3-12(7-13)8-14/h2-4,7,9-10H,5-6H2,1H3. The Morgan fingerprint density at radius 3 is 2.84 bits per heavy atom. The fraction of sp³-hybridized carbons (Fsp3) is 0.231. The first kappa shape index (κ1) is 13.3. The quantitative estimate of drug-likeness (QED) is 0.848. The molecule has 0 aliphatic rings. The van der Waals surface area contributed by atoms with Crippen molar-refractivity contribution in [2.75, 3.05) is 5.75 Å². The molecule has 5 nitrogen and oxygen atoms in total. The molecule has 0 saturated carbocycles. The third kappa shape index (κ3) is 3.20. The van der Waals surface area contributed by atoms with Crippen molar-refractivity contribution < 1.29 is 8.42 Å². The number of aromatic nitrogens is 2. The number of hydrogen-bond acceptors (Lipinski definition) is 4. The number of aryl methyl sites for hydroxylation is 2. The third-order valence-corrected chi connectivity index (χ3v) is 4.37. The fourth-order valence-corrected chi connectivity index (χ4v) is 2.94. The van der Waals surface area contributed by atoms with Crippen molar-refractivity contribution >= 4 is 9.84 Å². The van der Waals surface area contributed by atoms with Gasteiger partial charge in [0.2, 0.25) is 0 Å². The van der Waals surface area contributed by atoms with E-state index in [1.807, 2.05) is 13.0 Å². The van der Waals surface area contributed by atoms with E-state index >= 15 is 0 Å². The molecule has 1 heterocycles. The SMILES string of the molecule is Cc1cnn(CCS(=O)(=O)c2cccc(C#N)c2)c1. The van der Waals surface area contributed by atoms with Crippen LogP contribution < -0.4 is 0 Å². The van der Waals surface area contributed by atoms with Crippen molar-refractivity contribution in [1.82, 2.24) is 9.78 Å². The number of rotatable bonds is 4.